The molecule has 1 atom stereocenters. The summed E-state index contributed by atoms with van der Waals surface area (Å²) in [4.78, 5) is 5.46. The molecule has 0 amide bonds. The number of piperazine rings is 1. The Balaban J connectivity index is 1.46. The minimum absolute atomic E-state index is 0.668. The van der Waals surface area contributed by atoms with Gasteiger partial charge in [0, 0.05) is 38.3 Å². The lowest BCUT2D eigenvalue weighted by atomic mass is 9.93. The van der Waals surface area contributed by atoms with Crippen LogP contribution in [0.3, 0.4) is 0 Å². The highest BCUT2D eigenvalue weighted by atomic mass is 15.3. The van der Waals surface area contributed by atoms with Crippen LogP contribution < -0.4 is 0 Å². The average molecular weight is 286 g/mol. The maximum atomic E-state index is 2.77. The van der Waals surface area contributed by atoms with Crippen molar-refractivity contribution in [3.05, 3.63) is 35.9 Å². The molecule has 2 aliphatic rings. The van der Waals surface area contributed by atoms with Crippen LogP contribution in [0.25, 0.3) is 0 Å². The van der Waals surface area contributed by atoms with Crippen molar-refractivity contribution in [2.75, 3.05) is 26.2 Å². The van der Waals surface area contributed by atoms with E-state index in [1.54, 1.807) is 0 Å². The summed E-state index contributed by atoms with van der Waals surface area (Å²) < 4.78 is 0. The summed E-state index contributed by atoms with van der Waals surface area (Å²) in [5.41, 5.74) is 1.47. The van der Waals surface area contributed by atoms with Crippen LogP contribution in [0.5, 0.6) is 0 Å². The quantitative estimate of drug-likeness (QED) is 0.835. The van der Waals surface area contributed by atoms with Gasteiger partial charge in [0.1, 0.15) is 0 Å². The first-order valence-electron chi connectivity index (χ1n) is 8.85. The van der Waals surface area contributed by atoms with Gasteiger partial charge < -0.3 is 0 Å². The summed E-state index contributed by atoms with van der Waals surface area (Å²) in [6.07, 6.45) is 8.44. The highest BCUT2D eigenvalue weighted by Gasteiger charge is 2.26. The molecular weight excluding hydrogens is 256 g/mol. The molecule has 1 aromatic rings. The Kier molecular flexibility index (Phi) is 5.32. The molecule has 1 saturated heterocycles. The second-order valence-electron chi connectivity index (χ2n) is 6.90. The lowest BCUT2D eigenvalue weighted by Gasteiger charge is -2.42. The largest absolute Gasteiger partial charge is 0.298 e. The maximum absolute atomic E-state index is 2.77. The molecule has 0 radical (unpaired) electrons. The van der Waals surface area contributed by atoms with E-state index in [0.717, 1.165) is 6.04 Å². The average Bonchev–Trinajstić information content (AvgIpc) is 2.57. The predicted octanol–water partition coefficient (Wildman–Crippen LogP) is 3.57. The fraction of sp³-hybridized carbons (Fsp3) is 0.684. The van der Waals surface area contributed by atoms with Crippen molar-refractivity contribution in [3.63, 3.8) is 0 Å². The number of rotatable bonds is 4. The van der Waals surface area contributed by atoms with Crippen molar-refractivity contribution in [2.45, 2.75) is 57.5 Å². The van der Waals surface area contributed by atoms with Gasteiger partial charge in [0.05, 0.1) is 0 Å². The van der Waals surface area contributed by atoms with Gasteiger partial charge in [0.2, 0.25) is 0 Å². The summed E-state index contributed by atoms with van der Waals surface area (Å²) in [5, 5.41) is 0. The van der Waals surface area contributed by atoms with Gasteiger partial charge in [-0.2, -0.15) is 0 Å². The number of hydrogen-bond donors (Lipinski definition) is 0. The van der Waals surface area contributed by atoms with E-state index >= 15 is 0 Å². The minimum atomic E-state index is 0.668. The molecule has 2 nitrogen and oxygen atoms in total. The van der Waals surface area contributed by atoms with E-state index in [-0.39, 0.29) is 0 Å². The van der Waals surface area contributed by atoms with Gasteiger partial charge in [-0.05, 0) is 31.7 Å². The van der Waals surface area contributed by atoms with Gasteiger partial charge in [0.25, 0.3) is 0 Å². The van der Waals surface area contributed by atoms with Crippen molar-refractivity contribution >= 4 is 0 Å². The highest BCUT2D eigenvalue weighted by molar-refractivity contribution is 5.15. The molecule has 1 saturated carbocycles. The van der Waals surface area contributed by atoms with E-state index < -0.39 is 0 Å². The Bertz CT molecular complexity index is 403. The molecule has 0 spiro atoms. The van der Waals surface area contributed by atoms with Crippen LogP contribution in [0, 0.1) is 0 Å². The van der Waals surface area contributed by atoms with Gasteiger partial charge in [-0.1, -0.05) is 49.6 Å². The predicted molar refractivity (Wildman–Crippen MR) is 89.6 cm³/mol. The molecule has 116 valence electrons. The smallest absolute Gasteiger partial charge is 0.0113 e. The lowest BCUT2D eigenvalue weighted by molar-refractivity contribution is 0.0605. The zero-order valence-electron chi connectivity index (χ0n) is 13.5. The van der Waals surface area contributed by atoms with Gasteiger partial charge in [-0.25, -0.2) is 0 Å². The van der Waals surface area contributed by atoms with Crippen LogP contribution in [0.2, 0.25) is 0 Å². The third-order valence-corrected chi connectivity index (χ3v) is 5.44. The molecular formula is C19H30N2. The number of hydrogen-bond acceptors (Lipinski definition) is 2. The van der Waals surface area contributed by atoms with Crippen molar-refractivity contribution in [1.82, 2.24) is 9.80 Å². The van der Waals surface area contributed by atoms with E-state index in [2.05, 4.69) is 47.1 Å². The zero-order valence-corrected chi connectivity index (χ0v) is 13.5. The fourth-order valence-electron chi connectivity index (χ4n) is 4.07. The zero-order chi connectivity index (χ0) is 14.5. The molecule has 0 N–H and O–H groups in total. The van der Waals surface area contributed by atoms with Crippen molar-refractivity contribution in [2.24, 2.45) is 0 Å². The summed E-state index contributed by atoms with van der Waals surface area (Å²) in [5.74, 6) is 0. The monoisotopic (exact) mass is 286 g/mol. The normalized spacial score (nSPS) is 24.0. The van der Waals surface area contributed by atoms with Crippen molar-refractivity contribution < 1.29 is 0 Å². The highest BCUT2D eigenvalue weighted by Crippen LogP contribution is 2.24. The molecule has 0 aromatic heterocycles. The molecule has 1 aromatic carbocycles. The van der Waals surface area contributed by atoms with E-state index in [1.165, 1.54) is 70.3 Å². The molecule has 0 bridgehead atoms. The molecule has 1 aliphatic carbocycles. The second kappa shape index (κ2) is 7.42. The van der Waals surface area contributed by atoms with Gasteiger partial charge in [-0.15, -0.1) is 0 Å². The Morgan fingerprint density at radius 1 is 0.952 bits per heavy atom. The van der Waals surface area contributed by atoms with Crippen LogP contribution in [-0.2, 0) is 6.42 Å². The number of nitrogens with zero attached hydrogens (tertiary/aromatic N) is 2. The molecule has 3 rings (SSSR count). The van der Waals surface area contributed by atoms with Crippen LogP contribution in [0.15, 0.2) is 30.3 Å². The first-order chi connectivity index (χ1) is 10.3. The molecule has 2 fully saturated rings. The Morgan fingerprint density at radius 3 is 2.29 bits per heavy atom. The number of benzene rings is 1. The van der Waals surface area contributed by atoms with E-state index in [0.29, 0.717) is 6.04 Å². The third-order valence-electron chi connectivity index (χ3n) is 5.44. The van der Waals surface area contributed by atoms with Gasteiger partial charge >= 0.3 is 0 Å². The standard InChI is InChI=1S/C19H30N2/c1-17(16-18-8-4-2-5-9-18)20-12-14-21(15-13-20)19-10-6-3-7-11-19/h2,4-5,8-9,17,19H,3,6-7,10-16H2,1H3. The van der Waals surface area contributed by atoms with Crippen LogP contribution in [0.4, 0.5) is 0 Å². The van der Waals surface area contributed by atoms with Crippen LogP contribution in [0.1, 0.15) is 44.6 Å². The topological polar surface area (TPSA) is 6.48 Å². The molecule has 2 heteroatoms. The van der Waals surface area contributed by atoms with Crippen LogP contribution in [-0.4, -0.2) is 48.1 Å². The summed E-state index contributed by atoms with van der Waals surface area (Å²) >= 11 is 0. The van der Waals surface area contributed by atoms with Gasteiger partial charge in [-0.3, -0.25) is 9.80 Å². The summed E-state index contributed by atoms with van der Waals surface area (Å²) in [6, 6.07) is 12.5. The van der Waals surface area contributed by atoms with E-state index in [1.807, 2.05) is 0 Å². The Morgan fingerprint density at radius 2 is 1.62 bits per heavy atom. The van der Waals surface area contributed by atoms with Crippen LogP contribution >= 0.6 is 0 Å². The van der Waals surface area contributed by atoms with E-state index in [9.17, 15) is 0 Å². The molecule has 21 heavy (non-hydrogen) atoms. The molecule has 1 aliphatic heterocycles. The first kappa shape index (κ1) is 15.1. The van der Waals surface area contributed by atoms with Gasteiger partial charge in [0.15, 0.2) is 0 Å². The Hall–Kier alpha value is -0.860. The Labute approximate surface area is 130 Å². The maximum Gasteiger partial charge on any atom is 0.0113 e. The molecule has 1 heterocycles. The third kappa shape index (κ3) is 4.08. The lowest BCUT2D eigenvalue weighted by Crippen LogP contribution is -2.53. The SMILES string of the molecule is CC(Cc1ccccc1)N1CCN(C2CCCCC2)CC1. The summed E-state index contributed by atoms with van der Waals surface area (Å²) in [6.45, 7) is 7.46. The summed E-state index contributed by atoms with van der Waals surface area (Å²) in [7, 11) is 0. The fourth-order valence-corrected chi connectivity index (χ4v) is 4.07. The first-order valence-corrected chi connectivity index (χ1v) is 8.85. The van der Waals surface area contributed by atoms with E-state index in [4.69, 9.17) is 0 Å². The van der Waals surface area contributed by atoms with Crippen molar-refractivity contribution in [3.8, 4) is 0 Å². The second-order valence-corrected chi connectivity index (χ2v) is 6.90. The van der Waals surface area contributed by atoms with Crippen molar-refractivity contribution in [1.29, 1.82) is 0 Å². The minimum Gasteiger partial charge on any atom is -0.298 e. The molecule has 1 unspecified atom stereocenters.